The Bertz CT molecular complexity index is 398. The van der Waals surface area contributed by atoms with Crippen LogP contribution >= 0.6 is 11.3 Å². The van der Waals surface area contributed by atoms with Gasteiger partial charge in [0, 0.05) is 11.3 Å². The second kappa shape index (κ2) is 4.38. The molecule has 1 spiro atoms. The van der Waals surface area contributed by atoms with Gasteiger partial charge in [-0.3, -0.25) is 4.79 Å². The van der Waals surface area contributed by atoms with Crippen molar-refractivity contribution in [2.45, 2.75) is 25.8 Å². The fourth-order valence-electron chi connectivity index (χ4n) is 2.82. The lowest BCUT2D eigenvalue weighted by Crippen LogP contribution is -2.33. The molecule has 0 bridgehead atoms. The highest BCUT2D eigenvalue weighted by molar-refractivity contribution is 7.07. The van der Waals surface area contributed by atoms with E-state index in [1.54, 1.807) is 16.8 Å². The standard InChI is InChI=1S/C12H17N3OS/c16-11(14-6-9-7-17-8-15-9)10-5-12(10)1-3-13-4-2-12/h7-8,10,13H,1-6H2,(H,14,16). The first-order chi connectivity index (χ1) is 8.30. The van der Waals surface area contributed by atoms with Crippen LogP contribution in [0.25, 0.3) is 0 Å². The molecule has 4 nitrogen and oxygen atoms in total. The molecule has 1 aliphatic heterocycles. The van der Waals surface area contributed by atoms with E-state index in [4.69, 9.17) is 0 Å². The van der Waals surface area contributed by atoms with E-state index in [0.717, 1.165) is 38.0 Å². The molecule has 1 atom stereocenters. The summed E-state index contributed by atoms with van der Waals surface area (Å²) in [6.45, 7) is 2.71. The van der Waals surface area contributed by atoms with E-state index >= 15 is 0 Å². The van der Waals surface area contributed by atoms with Crippen LogP contribution in [0.15, 0.2) is 10.9 Å². The number of aromatic nitrogens is 1. The van der Waals surface area contributed by atoms with Gasteiger partial charge in [-0.05, 0) is 37.8 Å². The van der Waals surface area contributed by atoms with Gasteiger partial charge in [0.2, 0.25) is 5.91 Å². The van der Waals surface area contributed by atoms with E-state index in [9.17, 15) is 4.79 Å². The summed E-state index contributed by atoms with van der Waals surface area (Å²) in [6.07, 6.45) is 3.39. The number of piperidine rings is 1. The number of amides is 1. The zero-order chi connectivity index (χ0) is 11.7. The summed E-state index contributed by atoms with van der Waals surface area (Å²) in [4.78, 5) is 16.2. The third kappa shape index (κ3) is 2.21. The quantitative estimate of drug-likeness (QED) is 0.847. The maximum absolute atomic E-state index is 12.0. The highest BCUT2D eigenvalue weighted by Crippen LogP contribution is 2.58. The summed E-state index contributed by atoms with van der Waals surface area (Å²) in [5, 5.41) is 8.34. The fraction of sp³-hybridized carbons (Fsp3) is 0.667. The van der Waals surface area contributed by atoms with Gasteiger partial charge in [-0.2, -0.15) is 0 Å². The van der Waals surface area contributed by atoms with Crippen molar-refractivity contribution in [3.05, 3.63) is 16.6 Å². The molecule has 0 radical (unpaired) electrons. The minimum Gasteiger partial charge on any atom is -0.350 e. The molecule has 1 unspecified atom stereocenters. The molecule has 92 valence electrons. The molecule has 17 heavy (non-hydrogen) atoms. The Hall–Kier alpha value is -0.940. The van der Waals surface area contributed by atoms with Crippen LogP contribution in [0.1, 0.15) is 25.0 Å². The van der Waals surface area contributed by atoms with Gasteiger partial charge in [0.1, 0.15) is 0 Å². The number of carbonyl (C=O) groups is 1. The molecule has 1 aromatic rings. The van der Waals surface area contributed by atoms with Gasteiger partial charge in [-0.1, -0.05) is 0 Å². The minimum absolute atomic E-state index is 0.222. The van der Waals surface area contributed by atoms with Crippen molar-refractivity contribution in [2.75, 3.05) is 13.1 Å². The molecular formula is C12H17N3OS. The number of thiazole rings is 1. The van der Waals surface area contributed by atoms with Crippen molar-refractivity contribution in [3.8, 4) is 0 Å². The molecule has 1 aliphatic carbocycles. The van der Waals surface area contributed by atoms with Crippen molar-refractivity contribution in [1.82, 2.24) is 15.6 Å². The largest absolute Gasteiger partial charge is 0.350 e. The van der Waals surface area contributed by atoms with Crippen LogP contribution in [-0.2, 0) is 11.3 Å². The topological polar surface area (TPSA) is 54.0 Å². The van der Waals surface area contributed by atoms with E-state index in [0.29, 0.717) is 12.0 Å². The first-order valence-corrected chi connectivity index (χ1v) is 7.10. The molecule has 2 N–H and O–H groups in total. The van der Waals surface area contributed by atoms with Gasteiger partial charge in [0.25, 0.3) is 0 Å². The van der Waals surface area contributed by atoms with Gasteiger partial charge in [0.05, 0.1) is 17.7 Å². The second-order valence-corrected chi connectivity index (χ2v) is 5.79. The number of nitrogens with one attached hydrogen (secondary N) is 2. The van der Waals surface area contributed by atoms with Crippen LogP contribution in [-0.4, -0.2) is 24.0 Å². The third-order valence-electron chi connectivity index (χ3n) is 4.03. The summed E-state index contributed by atoms with van der Waals surface area (Å²) in [6, 6.07) is 0. The molecule has 1 aromatic heterocycles. The summed E-state index contributed by atoms with van der Waals surface area (Å²) in [5.74, 6) is 0.475. The van der Waals surface area contributed by atoms with Gasteiger partial charge in [-0.15, -0.1) is 11.3 Å². The number of nitrogens with zero attached hydrogens (tertiary/aromatic N) is 1. The molecule has 3 rings (SSSR count). The average Bonchev–Trinajstić information content (AvgIpc) is 2.82. The second-order valence-electron chi connectivity index (χ2n) is 5.07. The van der Waals surface area contributed by atoms with Crippen LogP contribution in [0, 0.1) is 11.3 Å². The van der Waals surface area contributed by atoms with Crippen LogP contribution in [0.5, 0.6) is 0 Å². The zero-order valence-electron chi connectivity index (χ0n) is 9.74. The van der Waals surface area contributed by atoms with E-state index in [2.05, 4.69) is 15.6 Å². The first kappa shape index (κ1) is 11.2. The van der Waals surface area contributed by atoms with Crippen molar-refractivity contribution in [3.63, 3.8) is 0 Å². The lowest BCUT2D eigenvalue weighted by atomic mass is 9.92. The van der Waals surface area contributed by atoms with Gasteiger partial charge in [-0.25, -0.2) is 4.98 Å². The molecule has 1 saturated carbocycles. The highest BCUT2D eigenvalue weighted by atomic mass is 32.1. The lowest BCUT2D eigenvalue weighted by Gasteiger charge is -2.23. The predicted molar refractivity (Wildman–Crippen MR) is 66.6 cm³/mol. The Labute approximate surface area is 105 Å². The molecule has 1 amide bonds. The predicted octanol–water partition coefficient (Wildman–Crippen LogP) is 1.15. The van der Waals surface area contributed by atoms with Gasteiger partial charge < -0.3 is 10.6 Å². The fourth-order valence-corrected chi connectivity index (χ4v) is 3.38. The van der Waals surface area contributed by atoms with Crippen molar-refractivity contribution in [1.29, 1.82) is 0 Å². The first-order valence-electron chi connectivity index (χ1n) is 6.16. The summed E-state index contributed by atoms with van der Waals surface area (Å²) >= 11 is 1.57. The van der Waals surface area contributed by atoms with Crippen molar-refractivity contribution >= 4 is 17.2 Å². The van der Waals surface area contributed by atoms with Crippen LogP contribution in [0.2, 0.25) is 0 Å². The number of carbonyl (C=O) groups excluding carboxylic acids is 1. The smallest absolute Gasteiger partial charge is 0.224 e. The zero-order valence-corrected chi connectivity index (χ0v) is 10.6. The molecule has 2 aliphatic rings. The number of hydrogen-bond donors (Lipinski definition) is 2. The molecule has 2 heterocycles. The van der Waals surface area contributed by atoms with Crippen LogP contribution < -0.4 is 10.6 Å². The van der Waals surface area contributed by atoms with Gasteiger partial charge in [0.15, 0.2) is 0 Å². The van der Waals surface area contributed by atoms with E-state index in [1.807, 2.05) is 5.38 Å². The molecule has 0 aromatic carbocycles. The third-order valence-corrected chi connectivity index (χ3v) is 4.67. The summed E-state index contributed by atoms with van der Waals surface area (Å²) < 4.78 is 0. The average molecular weight is 251 g/mol. The monoisotopic (exact) mass is 251 g/mol. The SMILES string of the molecule is O=C(NCc1cscn1)C1CC12CCNCC2. The lowest BCUT2D eigenvalue weighted by molar-refractivity contribution is -0.123. The Morgan fingerprint density at radius 2 is 2.41 bits per heavy atom. The molecular weight excluding hydrogens is 234 g/mol. The minimum atomic E-state index is 0.222. The normalized spacial score (nSPS) is 25.8. The maximum atomic E-state index is 12.0. The van der Waals surface area contributed by atoms with Crippen molar-refractivity contribution < 1.29 is 4.79 Å². The van der Waals surface area contributed by atoms with Gasteiger partial charge >= 0.3 is 0 Å². The summed E-state index contributed by atoms with van der Waals surface area (Å²) in [5.41, 5.74) is 3.09. The number of hydrogen-bond acceptors (Lipinski definition) is 4. The summed E-state index contributed by atoms with van der Waals surface area (Å²) in [7, 11) is 0. The van der Waals surface area contributed by atoms with E-state index in [1.165, 1.54) is 0 Å². The van der Waals surface area contributed by atoms with Crippen LogP contribution in [0.4, 0.5) is 0 Å². The molecule has 1 saturated heterocycles. The van der Waals surface area contributed by atoms with Crippen LogP contribution in [0.3, 0.4) is 0 Å². The molecule has 2 fully saturated rings. The Balaban J connectivity index is 1.51. The van der Waals surface area contributed by atoms with Crippen molar-refractivity contribution in [2.24, 2.45) is 11.3 Å². The highest BCUT2D eigenvalue weighted by Gasteiger charge is 2.57. The Morgan fingerprint density at radius 3 is 3.12 bits per heavy atom. The molecule has 5 heteroatoms. The van der Waals surface area contributed by atoms with E-state index in [-0.39, 0.29) is 11.8 Å². The Kier molecular flexibility index (Phi) is 2.88. The van der Waals surface area contributed by atoms with E-state index < -0.39 is 0 Å². The maximum Gasteiger partial charge on any atom is 0.224 e. The Morgan fingerprint density at radius 1 is 1.59 bits per heavy atom. The number of rotatable bonds is 3.